The molecule has 24 heavy (non-hydrogen) atoms. The molecule has 9 N–H and O–H groups in total. The van der Waals surface area contributed by atoms with Crippen LogP contribution in [0.3, 0.4) is 0 Å². The second-order valence-corrected chi connectivity index (χ2v) is 5.96. The highest BCUT2D eigenvalue weighted by atomic mass is 32.1. The number of amidine groups is 1. The van der Waals surface area contributed by atoms with Crippen LogP contribution < -0.4 is 27.8 Å². The van der Waals surface area contributed by atoms with Crippen LogP contribution in [0.25, 0.3) is 0 Å². The quantitative estimate of drug-likeness (QED) is 0.237. The average Bonchev–Trinajstić information content (AvgIpc) is 2.92. The summed E-state index contributed by atoms with van der Waals surface area (Å²) in [4.78, 5) is 17.9. The number of hydrogen-bond donors (Lipinski definition) is 7. The van der Waals surface area contributed by atoms with Crippen molar-refractivity contribution in [2.24, 2.45) is 22.2 Å². The van der Waals surface area contributed by atoms with E-state index in [-0.39, 0.29) is 23.9 Å². The second kappa shape index (κ2) is 7.51. The van der Waals surface area contributed by atoms with Gasteiger partial charge in [-0.2, -0.15) is 0 Å². The Morgan fingerprint density at radius 1 is 1.62 bits per heavy atom. The zero-order valence-corrected chi connectivity index (χ0v) is 14.1. The Morgan fingerprint density at radius 3 is 2.88 bits per heavy atom. The minimum atomic E-state index is -0.614. The fourth-order valence-electron chi connectivity index (χ4n) is 2.56. The Kier molecular flexibility index (Phi) is 5.65. The normalized spacial score (nSPS) is 27.4. The van der Waals surface area contributed by atoms with Crippen LogP contribution in [0.1, 0.15) is 6.92 Å². The van der Waals surface area contributed by atoms with E-state index < -0.39 is 5.91 Å². The van der Waals surface area contributed by atoms with Gasteiger partial charge in [0, 0.05) is 36.8 Å². The molecule has 2 rings (SSSR count). The van der Waals surface area contributed by atoms with Crippen molar-refractivity contribution in [1.29, 1.82) is 5.41 Å². The molecule has 1 saturated heterocycles. The van der Waals surface area contributed by atoms with E-state index >= 15 is 0 Å². The first-order valence-corrected chi connectivity index (χ1v) is 7.78. The van der Waals surface area contributed by atoms with Gasteiger partial charge in [-0.25, -0.2) is 4.99 Å². The molecule has 3 unspecified atom stereocenters. The predicted octanol–water partition coefficient (Wildman–Crippen LogP) is -1.47. The first-order chi connectivity index (χ1) is 11.4. The maximum atomic E-state index is 11.6. The zero-order valence-electron chi connectivity index (χ0n) is 13.2. The number of rotatable bonds is 5. The molecule has 10 heteroatoms. The number of aliphatic imine (C=N–C) groups is 1. The van der Waals surface area contributed by atoms with Crippen LogP contribution in [0.15, 0.2) is 39.8 Å². The Labute approximate surface area is 145 Å². The number of hydrogen-bond acceptors (Lipinski definition) is 8. The summed E-state index contributed by atoms with van der Waals surface area (Å²) < 4.78 is 0. The molecular weight excluding hydrogens is 328 g/mol. The van der Waals surface area contributed by atoms with E-state index in [2.05, 4.69) is 28.3 Å². The van der Waals surface area contributed by atoms with Crippen molar-refractivity contribution < 1.29 is 4.79 Å². The second-order valence-electron chi connectivity index (χ2n) is 5.50. The molecule has 0 aromatic carbocycles. The standard InChI is InChI=1S/C14H22N8OS/c1-7(17)2-11(24)21-13-14-19-5-10(8(3-15)4-16)22(14)6-9(20-13)12(18)23/h2-4,6-7,10,14-15,19,24H,5,16-17H2,1H3,(H2,18,23)(H,20,21)/b8-4+,11-2-,15-3?. The first kappa shape index (κ1) is 18.0. The summed E-state index contributed by atoms with van der Waals surface area (Å²) in [5.41, 5.74) is 17.5. The predicted molar refractivity (Wildman–Crippen MR) is 97.0 cm³/mol. The third kappa shape index (κ3) is 3.78. The number of fused-ring (bicyclic) bond motifs is 1. The minimum absolute atomic E-state index is 0.196. The Hall–Kier alpha value is -2.30. The molecule has 2 heterocycles. The summed E-state index contributed by atoms with van der Waals surface area (Å²) in [5.74, 6) is -0.145. The van der Waals surface area contributed by atoms with Crippen molar-refractivity contribution >= 4 is 30.6 Å². The molecule has 130 valence electrons. The van der Waals surface area contributed by atoms with Gasteiger partial charge in [0.05, 0.1) is 11.1 Å². The highest BCUT2D eigenvalue weighted by molar-refractivity contribution is 7.84. The number of amides is 1. The fourth-order valence-corrected chi connectivity index (χ4v) is 2.90. The van der Waals surface area contributed by atoms with E-state index in [9.17, 15) is 4.79 Å². The van der Waals surface area contributed by atoms with Gasteiger partial charge < -0.3 is 32.8 Å². The maximum absolute atomic E-state index is 11.6. The average molecular weight is 350 g/mol. The fraction of sp³-hybridized carbons (Fsp3) is 0.357. The van der Waals surface area contributed by atoms with Gasteiger partial charge in [0.25, 0.3) is 5.91 Å². The van der Waals surface area contributed by atoms with Crippen LogP contribution in [0.4, 0.5) is 0 Å². The Balaban J connectivity index is 2.41. The molecule has 2 aliphatic heterocycles. The lowest BCUT2D eigenvalue weighted by Gasteiger charge is -2.34. The largest absolute Gasteiger partial charge is 0.404 e. The van der Waals surface area contributed by atoms with E-state index in [0.29, 0.717) is 23.0 Å². The molecule has 9 nitrogen and oxygen atoms in total. The molecule has 0 aromatic rings. The summed E-state index contributed by atoms with van der Waals surface area (Å²) in [6.45, 7) is 2.34. The lowest BCUT2D eigenvalue weighted by molar-refractivity contribution is -0.114. The summed E-state index contributed by atoms with van der Waals surface area (Å²) in [6.07, 6.45) is 5.53. The van der Waals surface area contributed by atoms with Crippen molar-refractivity contribution in [3.8, 4) is 0 Å². The third-order valence-corrected chi connectivity index (χ3v) is 3.87. The zero-order chi connectivity index (χ0) is 17.9. The van der Waals surface area contributed by atoms with Crippen LogP contribution in [0.5, 0.6) is 0 Å². The number of nitrogens with one attached hydrogen (secondary N) is 3. The molecule has 0 bridgehead atoms. The first-order valence-electron chi connectivity index (χ1n) is 7.34. The van der Waals surface area contributed by atoms with Crippen LogP contribution >= 0.6 is 12.6 Å². The van der Waals surface area contributed by atoms with Gasteiger partial charge in [0.2, 0.25) is 0 Å². The smallest absolute Gasteiger partial charge is 0.266 e. The molecule has 1 fully saturated rings. The van der Waals surface area contributed by atoms with Gasteiger partial charge in [0.1, 0.15) is 17.7 Å². The molecule has 0 saturated carbocycles. The highest BCUT2D eigenvalue weighted by Gasteiger charge is 2.39. The number of nitrogens with two attached hydrogens (primary N) is 3. The Bertz CT molecular complexity index is 651. The molecule has 0 radical (unpaired) electrons. The summed E-state index contributed by atoms with van der Waals surface area (Å²) in [7, 11) is 0. The molecule has 1 amide bonds. The van der Waals surface area contributed by atoms with E-state index in [0.717, 1.165) is 0 Å². The third-order valence-electron chi connectivity index (χ3n) is 3.62. The topological polar surface area (TPSA) is 159 Å². The minimum Gasteiger partial charge on any atom is -0.404 e. The monoisotopic (exact) mass is 350 g/mol. The van der Waals surface area contributed by atoms with Gasteiger partial charge in [-0.3, -0.25) is 10.1 Å². The van der Waals surface area contributed by atoms with E-state index in [1.807, 2.05) is 4.90 Å². The summed E-state index contributed by atoms with van der Waals surface area (Å²) in [5, 5.41) is 14.1. The molecule has 2 aliphatic rings. The van der Waals surface area contributed by atoms with Crippen molar-refractivity contribution in [2.75, 3.05) is 6.54 Å². The lowest BCUT2D eigenvalue weighted by atomic mass is 10.1. The summed E-state index contributed by atoms with van der Waals surface area (Å²) in [6, 6.07) is -0.415. The van der Waals surface area contributed by atoms with E-state index in [4.69, 9.17) is 22.6 Å². The number of carbonyl (C=O) groups is 1. The molecule has 0 aliphatic carbocycles. The van der Waals surface area contributed by atoms with Gasteiger partial charge in [-0.15, -0.1) is 12.6 Å². The van der Waals surface area contributed by atoms with Crippen LogP contribution in [0.2, 0.25) is 0 Å². The number of nitrogens with zero attached hydrogens (tertiary/aromatic N) is 2. The van der Waals surface area contributed by atoms with Gasteiger partial charge >= 0.3 is 0 Å². The van der Waals surface area contributed by atoms with Crippen LogP contribution in [-0.4, -0.2) is 47.7 Å². The number of carbonyl (C=O) groups excluding carboxylic acids is 1. The van der Waals surface area contributed by atoms with Crippen LogP contribution in [0, 0.1) is 5.41 Å². The van der Waals surface area contributed by atoms with Gasteiger partial charge in [-0.1, -0.05) is 0 Å². The molecule has 0 spiro atoms. The van der Waals surface area contributed by atoms with Crippen LogP contribution in [-0.2, 0) is 4.79 Å². The Morgan fingerprint density at radius 2 is 2.33 bits per heavy atom. The SMILES string of the molecule is CC(N)/C=C(S)/N=C1/NC(C(N)=O)=CN2C(/C(C=N)=C/N)CNC12. The van der Waals surface area contributed by atoms with Gasteiger partial charge in [-0.05, 0) is 13.0 Å². The van der Waals surface area contributed by atoms with Crippen molar-refractivity contribution in [1.82, 2.24) is 15.5 Å². The van der Waals surface area contributed by atoms with Crippen molar-refractivity contribution in [3.05, 3.63) is 34.8 Å². The number of primary amides is 1. The van der Waals surface area contributed by atoms with E-state index in [1.165, 1.54) is 12.4 Å². The molecule has 0 aromatic heterocycles. The molecule has 3 atom stereocenters. The lowest BCUT2D eigenvalue weighted by Crippen LogP contribution is -2.53. The maximum Gasteiger partial charge on any atom is 0.266 e. The van der Waals surface area contributed by atoms with Crippen molar-refractivity contribution in [3.63, 3.8) is 0 Å². The highest BCUT2D eigenvalue weighted by Crippen LogP contribution is 2.23. The molecular formula is C14H22N8OS. The summed E-state index contributed by atoms with van der Waals surface area (Å²) >= 11 is 4.29. The van der Waals surface area contributed by atoms with Gasteiger partial charge in [0.15, 0.2) is 0 Å². The van der Waals surface area contributed by atoms with E-state index in [1.54, 1.807) is 19.2 Å². The van der Waals surface area contributed by atoms with Crippen molar-refractivity contribution in [2.45, 2.75) is 25.2 Å². The number of thiol groups is 1.